The molecule has 2 atom stereocenters. The molecule has 152 valence electrons. The van der Waals surface area contributed by atoms with E-state index in [4.69, 9.17) is 0 Å². The van der Waals surface area contributed by atoms with Crippen molar-refractivity contribution in [1.29, 1.82) is 0 Å². The maximum atomic E-state index is 12.5. The molecule has 2 aromatic heterocycles. The van der Waals surface area contributed by atoms with Gasteiger partial charge in [0, 0.05) is 29.7 Å². The molecule has 1 fully saturated rings. The maximum Gasteiger partial charge on any atom is 0.347 e. The molecule has 4 aromatic rings. The lowest BCUT2D eigenvalue weighted by Gasteiger charge is -2.29. The Kier molecular flexibility index (Phi) is 4.93. The molecular formula is C24H25N5O. The third-order valence-corrected chi connectivity index (χ3v) is 6.18. The van der Waals surface area contributed by atoms with Crippen molar-refractivity contribution in [1.82, 2.24) is 24.4 Å². The summed E-state index contributed by atoms with van der Waals surface area (Å²) < 4.78 is 3.87. The van der Waals surface area contributed by atoms with Gasteiger partial charge in [-0.05, 0) is 68.6 Å². The molecule has 3 heterocycles. The lowest BCUT2D eigenvalue weighted by atomic mass is 9.92. The zero-order valence-electron chi connectivity index (χ0n) is 17.0. The molecule has 1 aliphatic rings. The Hall–Kier alpha value is -3.25. The van der Waals surface area contributed by atoms with E-state index < -0.39 is 0 Å². The molecule has 1 N–H and O–H groups in total. The third-order valence-electron chi connectivity index (χ3n) is 6.18. The first-order valence-electron chi connectivity index (χ1n) is 10.5. The van der Waals surface area contributed by atoms with Crippen LogP contribution in [-0.2, 0) is 0 Å². The molecule has 1 aliphatic heterocycles. The van der Waals surface area contributed by atoms with Crippen LogP contribution in [0.25, 0.3) is 27.8 Å². The van der Waals surface area contributed by atoms with Crippen LogP contribution in [0.3, 0.4) is 0 Å². The summed E-state index contributed by atoms with van der Waals surface area (Å²) in [6, 6.07) is 16.5. The van der Waals surface area contributed by atoms with Crippen molar-refractivity contribution in [3.05, 3.63) is 77.7 Å². The number of aromatic nitrogens is 4. The van der Waals surface area contributed by atoms with E-state index in [2.05, 4.69) is 57.1 Å². The van der Waals surface area contributed by atoms with E-state index in [0.717, 1.165) is 53.8 Å². The van der Waals surface area contributed by atoms with Crippen LogP contribution in [0.4, 0.5) is 0 Å². The highest BCUT2D eigenvalue weighted by Crippen LogP contribution is 2.27. The molecule has 0 radical (unpaired) electrons. The molecule has 0 aliphatic carbocycles. The number of rotatable bonds is 4. The Bertz CT molecular complexity index is 1220. The molecule has 6 heteroatoms. The van der Waals surface area contributed by atoms with Crippen LogP contribution >= 0.6 is 0 Å². The second-order valence-electron chi connectivity index (χ2n) is 8.03. The van der Waals surface area contributed by atoms with Gasteiger partial charge in [0.2, 0.25) is 0 Å². The van der Waals surface area contributed by atoms with Gasteiger partial charge in [-0.15, -0.1) is 0 Å². The first-order chi connectivity index (χ1) is 14.7. The third kappa shape index (κ3) is 3.44. The standard InChI is InChI=1S/C24H25N5O/c1-17(19-6-5-11-25-13-19)28-15-20(14-26-24(28)30)18-9-10-23-22(12-18)27-16-29(23)21-7-3-2-4-8-21/h2-4,7-10,12,14-17,19,25H,5-6,11,13H2,1H3. The number of imidazole rings is 1. The number of hydrogen-bond acceptors (Lipinski definition) is 4. The highest BCUT2D eigenvalue weighted by Gasteiger charge is 2.22. The van der Waals surface area contributed by atoms with Crippen LogP contribution in [0.5, 0.6) is 0 Å². The second-order valence-corrected chi connectivity index (χ2v) is 8.03. The van der Waals surface area contributed by atoms with Crippen molar-refractivity contribution in [2.24, 2.45) is 5.92 Å². The van der Waals surface area contributed by atoms with Crippen LogP contribution in [0.15, 0.2) is 72.0 Å². The fraction of sp³-hybridized carbons (Fsp3) is 0.292. The van der Waals surface area contributed by atoms with Crippen molar-refractivity contribution in [3.8, 4) is 16.8 Å². The normalized spacial score (nSPS) is 17.8. The van der Waals surface area contributed by atoms with Crippen molar-refractivity contribution in [2.45, 2.75) is 25.8 Å². The fourth-order valence-corrected chi connectivity index (χ4v) is 4.37. The minimum Gasteiger partial charge on any atom is -0.316 e. The molecule has 5 rings (SSSR count). The summed E-state index contributed by atoms with van der Waals surface area (Å²) in [4.78, 5) is 21.2. The zero-order valence-corrected chi connectivity index (χ0v) is 17.0. The minimum atomic E-state index is -0.189. The van der Waals surface area contributed by atoms with Gasteiger partial charge in [-0.1, -0.05) is 24.3 Å². The topological polar surface area (TPSA) is 64.7 Å². The first-order valence-corrected chi connectivity index (χ1v) is 10.5. The van der Waals surface area contributed by atoms with Gasteiger partial charge in [-0.25, -0.2) is 14.8 Å². The minimum absolute atomic E-state index is 0.110. The molecule has 0 bridgehead atoms. The molecular weight excluding hydrogens is 374 g/mol. The van der Waals surface area contributed by atoms with Gasteiger partial charge in [0.05, 0.1) is 11.0 Å². The van der Waals surface area contributed by atoms with Crippen molar-refractivity contribution >= 4 is 11.0 Å². The zero-order chi connectivity index (χ0) is 20.5. The second kappa shape index (κ2) is 7.88. The van der Waals surface area contributed by atoms with E-state index in [-0.39, 0.29) is 11.7 Å². The Balaban J connectivity index is 1.50. The van der Waals surface area contributed by atoms with E-state index in [1.54, 1.807) is 10.8 Å². The van der Waals surface area contributed by atoms with Crippen LogP contribution in [0, 0.1) is 5.92 Å². The summed E-state index contributed by atoms with van der Waals surface area (Å²) in [6.45, 7) is 4.13. The Morgan fingerprint density at radius 2 is 1.97 bits per heavy atom. The SMILES string of the molecule is CC(C1CCCNC1)n1cc(-c2ccc3c(c2)ncn3-c2ccccc2)cnc1=O. The molecule has 1 saturated heterocycles. The van der Waals surface area contributed by atoms with Gasteiger partial charge in [0.1, 0.15) is 6.33 Å². The summed E-state index contributed by atoms with van der Waals surface area (Å²) in [6.07, 6.45) is 7.75. The monoisotopic (exact) mass is 399 g/mol. The molecule has 6 nitrogen and oxygen atoms in total. The highest BCUT2D eigenvalue weighted by molar-refractivity contribution is 5.83. The number of fused-ring (bicyclic) bond motifs is 1. The Morgan fingerprint density at radius 1 is 1.10 bits per heavy atom. The quantitative estimate of drug-likeness (QED) is 0.567. The lowest BCUT2D eigenvalue weighted by Crippen LogP contribution is -2.37. The van der Waals surface area contributed by atoms with Crippen LogP contribution < -0.4 is 11.0 Å². The highest BCUT2D eigenvalue weighted by atomic mass is 16.1. The van der Waals surface area contributed by atoms with Crippen LogP contribution in [-0.4, -0.2) is 32.2 Å². The molecule has 2 unspecified atom stereocenters. The Labute approximate surface area is 175 Å². The largest absolute Gasteiger partial charge is 0.347 e. The number of nitrogens with one attached hydrogen (secondary N) is 1. The lowest BCUT2D eigenvalue weighted by molar-refractivity contribution is 0.274. The van der Waals surface area contributed by atoms with Gasteiger partial charge >= 0.3 is 5.69 Å². The van der Waals surface area contributed by atoms with Gasteiger partial charge < -0.3 is 5.32 Å². The Morgan fingerprint density at radius 3 is 2.77 bits per heavy atom. The van der Waals surface area contributed by atoms with Gasteiger partial charge in [-0.3, -0.25) is 9.13 Å². The summed E-state index contributed by atoms with van der Waals surface area (Å²) in [5, 5.41) is 3.44. The summed E-state index contributed by atoms with van der Waals surface area (Å²) >= 11 is 0. The molecule has 0 spiro atoms. The number of benzene rings is 2. The summed E-state index contributed by atoms with van der Waals surface area (Å²) in [5.41, 5.74) is 4.80. The molecule has 0 saturated carbocycles. The predicted molar refractivity (Wildman–Crippen MR) is 119 cm³/mol. The number of para-hydroxylation sites is 1. The van der Waals surface area contributed by atoms with Crippen molar-refractivity contribution < 1.29 is 0 Å². The smallest absolute Gasteiger partial charge is 0.316 e. The maximum absolute atomic E-state index is 12.5. The predicted octanol–water partition coefficient (Wildman–Crippen LogP) is 3.81. The van der Waals surface area contributed by atoms with Crippen LogP contribution in [0.2, 0.25) is 0 Å². The average molecular weight is 399 g/mol. The molecule has 30 heavy (non-hydrogen) atoms. The van der Waals surface area contributed by atoms with E-state index in [1.807, 2.05) is 30.7 Å². The number of hydrogen-bond donors (Lipinski definition) is 1. The average Bonchev–Trinajstić information content (AvgIpc) is 3.23. The first kappa shape index (κ1) is 18.8. The molecule has 0 amide bonds. The summed E-state index contributed by atoms with van der Waals surface area (Å²) in [7, 11) is 0. The van der Waals surface area contributed by atoms with Crippen molar-refractivity contribution in [3.63, 3.8) is 0 Å². The summed E-state index contributed by atoms with van der Waals surface area (Å²) in [5.74, 6) is 0.442. The van der Waals surface area contributed by atoms with Gasteiger partial charge in [0.25, 0.3) is 0 Å². The fourth-order valence-electron chi connectivity index (χ4n) is 4.37. The van der Waals surface area contributed by atoms with E-state index in [1.165, 1.54) is 0 Å². The van der Waals surface area contributed by atoms with E-state index in [0.29, 0.717) is 5.92 Å². The van der Waals surface area contributed by atoms with E-state index >= 15 is 0 Å². The van der Waals surface area contributed by atoms with E-state index in [9.17, 15) is 4.79 Å². The number of piperidine rings is 1. The van der Waals surface area contributed by atoms with Gasteiger partial charge in [-0.2, -0.15) is 0 Å². The number of nitrogens with zero attached hydrogens (tertiary/aromatic N) is 4. The van der Waals surface area contributed by atoms with Crippen molar-refractivity contribution in [2.75, 3.05) is 13.1 Å². The van der Waals surface area contributed by atoms with Gasteiger partial charge in [0.15, 0.2) is 0 Å². The molecule has 2 aromatic carbocycles. The van der Waals surface area contributed by atoms with Crippen LogP contribution in [0.1, 0.15) is 25.8 Å².